The third kappa shape index (κ3) is 7.48. The van der Waals surface area contributed by atoms with Crippen LogP contribution in [0.25, 0.3) is 0 Å². The third-order valence-corrected chi connectivity index (χ3v) is 5.06. The molecule has 0 saturated heterocycles. The number of rotatable bonds is 3. The Kier molecular flexibility index (Phi) is 10.6. The number of nitrogens with zero attached hydrogens (tertiary/aromatic N) is 1. The molecule has 0 amide bonds. The zero-order valence-corrected chi connectivity index (χ0v) is 20.5. The summed E-state index contributed by atoms with van der Waals surface area (Å²) in [5, 5.41) is 0. The van der Waals surface area contributed by atoms with Gasteiger partial charge in [-0.1, -0.05) is 46.1 Å². The molecule has 0 bridgehead atoms. The summed E-state index contributed by atoms with van der Waals surface area (Å²) in [6.07, 6.45) is 7.09. The zero-order valence-electron chi connectivity index (χ0n) is 15.7. The van der Waals surface area contributed by atoms with Crippen molar-refractivity contribution < 1.29 is 25.6 Å². The Morgan fingerprint density at radius 1 is 1.24 bits per heavy atom. The van der Waals surface area contributed by atoms with E-state index in [4.69, 9.17) is 39.4 Å². The van der Waals surface area contributed by atoms with Gasteiger partial charge < -0.3 is 17.4 Å². The molecule has 0 heterocycles. The average molecular weight is 481 g/mol. The fourth-order valence-corrected chi connectivity index (χ4v) is 3.57. The van der Waals surface area contributed by atoms with E-state index in [0.717, 1.165) is 21.8 Å². The van der Waals surface area contributed by atoms with Crippen LogP contribution in [0.3, 0.4) is 0 Å². The number of methoxy groups -OCH3 is 1. The van der Waals surface area contributed by atoms with E-state index in [0.29, 0.717) is 12.0 Å². The van der Waals surface area contributed by atoms with E-state index in [9.17, 15) is 0 Å². The number of benzene rings is 1. The van der Waals surface area contributed by atoms with Crippen LogP contribution in [0.5, 0.6) is 5.75 Å². The maximum atomic E-state index is 5.70. The van der Waals surface area contributed by atoms with Crippen molar-refractivity contribution in [1.82, 2.24) is 0 Å². The van der Waals surface area contributed by atoms with Crippen molar-refractivity contribution in [3.8, 4) is 5.75 Å². The minimum absolute atomic E-state index is 0.00629. The van der Waals surface area contributed by atoms with Gasteiger partial charge in [-0.2, -0.15) is 4.90 Å². The topological polar surface area (TPSA) is 21.6 Å². The van der Waals surface area contributed by atoms with E-state index < -0.39 is 20.8 Å². The molecule has 1 aromatic carbocycles. The van der Waals surface area contributed by atoms with E-state index in [1.807, 2.05) is 12.3 Å². The van der Waals surface area contributed by atoms with Gasteiger partial charge in [-0.05, 0) is 41.9 Å². The molecule has 2 unspecified atom stereocenters. The van der Waals surface area contributed by atoms with Crippen LogP contribution in [-0.2, 0) is 38.9 Å². The Labute approximate surface area is 177 Å². The van der Waals surface area contributed by atoms with E-state index >= 15 is 0 Å². The second kappa shape index (κ2) is 11.3. The molecule has 0 radical (unpaired) electrons. The second-order valence-corrected chi connectivity index (χ2v) is 11.7. The van der Waals surface area contributed by atoms with Crippen molar-refractivity contribution in [2.45, 2.75) is 69.7 Å². The van der Waals surface area contributed by atoms with Crippen LogP contribution in [0.1, 0.15) is 64.5 Å². The van der Waals surface area contributed by atoms with E-state index in [1.165, 1.54) is 25.7 Å². The molecule has 1 aliphatic carbocycles. The van der Waals surface area contributed by atoms with Gasteiger partial charge in [-0.3, -0.25) is 4.99 Å². The predicted octanol–water partition coefficient (Wildman–Crippen LogP) is 6.27. The summed E-state index contributed by atoms with van der Waals surface area (Å²) in [4.78, 5) is 5.75. The van der Waals surface area contributed by atoms with Gasteiger partial charge in [0.05, 0.1) is 13.2 Å². The van der Waals surface area contributed by atoms with Crippen LogP contribution in [0.15, 0.2) is 22.0 Å². The number of hydrogen-bond acceptors (Lipinski definition) is 3. The third-order valence-electron chi connectivity index (χ3n) is 4.61. The quantitative estimate of drug-likeness (QED) is 0.376. The summed E-state index contributed by atoms with van der Waals surface area (Å²) < 4.78 is 5.45. The van der Waals surface area contributed by atoms with Crippen LogP contribution in [0.4, 0.5) is 0 Å². The van der Waals surface area contributed by atoms with Gasteiger partial charge >= 0.3 is 37.9 Å². The first-order valence-electron chi connectivity index (χ1n) is 8.63. The summed E-state index contributed by atoms with van der Waals surface area (Å²) in [7, 11) is 11.6. The molecule has 0 aliphatic heterocycles. The second-order valence-electron chi connectivity index (χ2n) is 7.52. The molecule has 140 valence electrons. The molecule has 1 fully saturated rings. The predicted molar refractivity (Wildman–Crippen MR) is 108 cm³/mol. The normalized spacial score (nSPS) is 20.8. The fraction of sp³-hybridized carbons (Fsp3) is 0.632. The first-order valence-corrected chi connectivity index (χ1v) is 15.4. The van der Waals surface area contributed by atoms with Crippen molar-refractivity contribution in [3.05, 3.63) is 23.3 Å². The van der Waals surface area contributed by atoms with Crippen LogP contribution in [-0.4, -0.2) is 19.4 Å². The van der Waals surface area contributed by atoms with Crippen molar-refractivity contribution in [2.75, 3.05) is 7.11 Å². The summed E-state index contributed by atoms with van der Waals surface area (Å²) in [6.45, 7) is 8.85. The number of halogens is 2. The molecule has 2 nitrogen and oxygen atoms in total. The summed E-state index contributed by atoms with van der Waals surface area (Å²) >= 11 is 4.87. The fourth-order valence-electron chi connectivity index (χ4n) is 3.09. The van der Waals surface area contributed by atoms with Crippen LogP contribution in [0, 0.1) is 5.92 Å². The number of ether oxygens (including phenoxy) is 1. The van der Waals surface area contributed by atoms with E-state index in [-0.39, 0.29) is 5.41 Å². The monoisotopic (exact) mass is 478 g/mol. The summed E-state index contributed by atoms with van der Waals surface area (Å²) in [6, 6.07) is 4.50. The minimum atomic E-state index is -0.826. The molecule has 2 rings (SSSR count). The molecule has 1 aliphatic rings. The van der Waals surface area contributed by atoms with Crippen molar-refractivity contribution in [2.24, 2.45) is 10.9 Å². The van der Waals surface area contributed by atoms with Gasteiger partial charge in [0.1, 0.15) is 5.75 Å². The van der Waals surface area contributed by atoms with E-state index in [2.05, 4.69) is 33.8 Å². The standard InChI is InChI=1S/C19H29NOS.2ClH.Zr/c1-13-8-6-7-9-17(13)20-12-14-10-15(21-5)11-16(18(14)22)19(2,3)4;;;/h10-13,17,22H,6-9H2,1-5H3;2*1H;/q;;;+2/p-3. The first-order chi connectivity index (χ1) is 11.7. The molecule has 2 atom stereocenters. The van der Waals surface area contributed by atoms with Gasteiger partial charge in [0.25, 0.3) is 0 Å². The molecule has 0 N–H and O–H groups in total. The zero-order chi connectivity index (χ0) is 19.0. The molecular formula is C19H28Cl2NOSZr-. The summed E-state index contributed by atoms with van der Waals surface area (Å²) in [5.74, 6) is 1.53. The van der Waals surface area contributed by atoms with Gasteiger partial charge in [0.15, 0.2) is 0 Å². The van der Waals surface area contributed by atoms with Crippen molar-refractivity contribution in [3.63, 3.8) is 0 Å². The van der Waals surface area contributed by atoms with Crippen molar-refractivity contribution in [1.29, 1.82) is 0 Å². The Morgan fingerprint density at radius 2 is 1.84 bits per heavy atom. The average Bonchev–Trinajstić information content (AvgIpc) is 2.55. The molecule has 0 aromatic heterocycles. The van der Waals surface area contributed by atoms with Crippen LogP contribution in [0.2, 0.25) is 0 Å². The van der Waals surface area contributed by atoms with Gasteiger partial charge in [0.2, 0.25) is 0 Å². The van der Waals surface area contributed by atoms with Gasteiger partial charge in [-0.15, -0.1) is 0 Å². The Bertz CT molecular complexity index is 575. The molecule has 25 heavy (non-hydrogen) atoms. The molecule has 1 saturated carbocycles. The SMILES string of the molecule is COc1cc(C=NC2CCCCC2C)c([S-])c(C(C)(C)C)c1.[Cl][Zr][Cl]. The molecule has 6 heteroatoms. The maximum absolute atomic E-state index is 5.70. The van der Waals surface area contributed by atoms with Crippen LogP contribution < -0.4 is 4.74 Å². The number of hydrogen-bond donors (Lipinski definition) is 0. The Balaban J connectivity index is 0.000000970. The molecule has 1 aromatic rings. The van der Waals surface area contributed by atoms with Gasteiger partial charge in [0, 0.05) is 6.21 Å². The van der Waals surface area contributed by atoms with Crippen LogP contribution >= 0.6 is 17.0 Å². The Morgan fingerprint density at radius 3 is 2.36 bits per heavy atom. The van der Waals surface area contributed by atoms with E-state index in [1.54, 1.807) is 7.11 Å². The van der Waals surface area contributed by atoms with Crippen molar-refractivity contribution >= 4 is 35.9 Å². The Hall–Kier alpha value is 0.373. The number of aliphatic imine (C=N–C) groups is 1. The van der Waals surface area contributed by atoms with Gasteiger partial charge in [-0.25, -0.2) is 0 Å². The molecule has 0 spiro atoms. The molecular weight excluding hydrogens is 452 g/mol. The first kappa shape index (κ1) is 23.4. The summed E-state index contributed by atoms with van der Waals surface area (Å²) in [5.41, 5.74) is 2.17.